The minimum absolute atomic E-state index is 0.130. The summed E-state index contributed by atoms with van der Waals surface area (Å²) >= 11 is 7.27. The number of aliphatic imine (C=N–C) groups is 1. The lowest BCUT2D eigenvalue weighted by Gasteiger charge is -2.19. The molecular weight excluding hydrogens is 389 g/mol. The lowest BCUT2D eigenvalue weighted by atomic mass is 10.2. The van der Waals surface area contributed by atoms with Crippen LogP contribution >= 0.6 is 23.4 Å². The van der Waals surface area contributed by atoms with Crippen LogP contribution in [0.4, 0.5) is 13.2 Å². The molecule has 0 atom stereocenters. The molecule has 0 aliphatic carbocycles. The van der Waals surface area contributed by atoms with Gasteiger partial charge in [-0.2, -0.15) is 4.99 Å². The Kier molecular flexibility index (Phi) is 6.50. The standard InChI is InChI=1S/C17H20ClF3N2O2S/c1-4-5-8-23-10-16(2,3)26-15(23)22-14(24)12-9-11(18)6-7-13(12)25-17(19,20)21/h6-7,9H,4-5,8,10H2,1-3H3. The molecule has 1 aromatic rings. The van der Waals surface area contributed by atoms with Gasteiger partial charge in [-0.05, 0) is 38.5 Å². The van der Waals surface area contributed by atoms with Gasteiger partial charge in [0.25, 0.3) is 5.91 Å². The van der Waals surface area contributed by atoms with Crippen molar-refractivity contribution in [1.82, 2.24) is 4.90 Å². The highest BCUT2D eigenvalue weighted by Gasteiger charge is 2.36. The van der Waals surface area contributed by atoms with Crippen molar-refractivity contribution >= 4 is 34.4 Å². The first-order chi connectivity index (χ1) is 12.0. The van der Waals surface area contributed by atoms with E-state index in [0.717, 1.165) is 31.5 Å². The van der Waals surface area contributed by atoms with Crippen LogP contribution in [0.3, 0.4) is 0 Å². The van der Waals surface area contributed by atoms with Crippen LogP contribution in [0, 0.1) is 0 Å². The molecule has 9 heteroatoms. The Balaban J connectivity index is 2.32. The number of carbonyl (C=O) groups excluding carboxylic acids is 1. The Bertz CT molecular complexity index is 708. The molecule has 0 saturated carbocycles. The van der Waals surface area contributed by atoms with E-state index in [0.29, 0.717) is 11.7 Å². The number of amides is 1. The number of unbranched alkanes of at least 4 members (excludes halogenated alkanes) is 1. The van der Waals surface area contributed by atoms with E-state index < -0.39 is 18.0 Å². The number of alkyl halides is 3. The highest BCUT2D eigenvalue weighted by molar-refractivity contribution is 8.15. The molecule has 0 bridgehead atoms. The van der Waals surface area contributed by atoms with E-state index in [9.17, 15) is 18.0 Å². The number of halogens is 4. The van der Waals surface area contributed by atoms with Crippen LogP contribution in [0.15, 0.2) is 23.2 Å². The molecule has 0 aromatic heterocycles. The molecule has 2 rings (SSSR count). The number of hydrogen-bond donors (Lipinski definition) is 0. The van der Waals surface area contributed by atoms with Crippen molar-refractivity contribution in [2.24, 2.45) is 4.99 Å². The van der Waals surface area contributed by atoms with Crippen molar-refractivity contribution in [3.05, 3.63) is 28.8 Å². The fourth-order valence-electron chi connectivity index (χ4n) is 2.52. The molecule has 144 valence electrons. The quantitative estimate of drug-likeness (QED) is 0.657. The van der Waals surface area contributed by atoms with Gasteiger partial charge in [-0.25, -0.2) is 0 Å². The predicted octanol–water partition coefficient (Wildman–Crippen LogP) is 5.36. The summed E-state index contributed by atoms with van der Waals surface area (Å²) < 4.78 is 41.5. The highest BCUT2D eigenvalue weighted by atomic mass is 35.5. The van der Waals surface area contributed by atoms with Crippen molar-refractivity contribution < 1.29 is 22.7 Å². The molecule has 1 amide bonds. The molecule has 1 aliphatic rings. The zero-order chi connectivity index (χ0) is 19.5. The van der Waals surface area contributed by atoms with Gasteiger partial charge in [-0.15, -0.1) is 13.2 Å². The van der Waals surface area contributed by atoms with Crippen LogP contribution in [0.1, 0.15) is 44.0 Å². The predicted molar refractivity (Wildman–Crippen MR) is 98.1 cm³/mol. The average molecular weight is 409 g/mol. The van der Waals surface area contributed by atoms with Gasteiger partial charge in [0.2, 0.25) is 0 Å². The second kappa shape index (κ2) is 8.08. The van der Waals surface area contributed by atoms with E-state index in [1.807, 2.05) is 18.7 Å². The van der Waals surface area contributed by atoms with Crippen LogP contribution < -0.4 is 4.74 Å². The maximum absolute atomic E-state index is 12.6. The fourth-order valence-corrected chi connectivity index (χ4v) is 3.82. The molecule has 0 spiro atoms. The Morgan fingerprint density at radius 3 is 2.73 bits per heavy atom. The number of carbonyl (C=O) groups is 1. The number of benzene rings is 1. The number of thioether (sulfide) groups is 1. The number of hydrogen-bond acceptors (Lipinski definition) is 3. The van der Waals surface area contributed by atoms with Crippen molar-refractivity contribution in [2.45, 2.75) is 44.7 Å². The molecule has 1 heterocycles. The van der Waals surface area contributed by atoms with Gasteiger partial charge < -0.3 is 9.64 Å². The van der Waals surface area contributed by atoms with Crippen LogP contribution in [-0.4, -0.2) is 40.2 Å². The van der Waals surface area contributed by atoms with Gasteiger partial charge >= 0.3 is 6.36 Å². The number of amidine groups is 1. The molecule has 1 aromatic carbocycles. The second-order valence-electron chi connectivity index (χ2n) is 6.52. The Morgan fingerprint density at radius 2 is 2.12 bits per heavy atom. The van der Waals surface area contributed by atoms with Crippen LogP contribution in [0.2, 0.25) is 5.02 Å². The van der Waals surface area contributed by atoms with E-state index in [1.165, 1.54) is 17.8 Å². The zero-order valence-corrected chi connectivity index (χ0v) is 16.3. The summed E-state index contributed by atoms with van der Waals surface area (Å²) in [6.07, 6.45) is -2.99. The first-order valence-corrected chi connectivity index (χ1v) is 9.32. The topological polar surface area (TPSA) is 41.9 Å². The summed E-state index contributed by atoms with van der Waals surface area (Å²) in [4.78, 5) is 18.6. The largest absolute Gasteiger partial charge is 0.573 e. The van der Waals surface area contributed by atoms with Crippen molar-refractivity contribution in [1.29, 1.82) is 0 Å². The van der Waals surface area contributed by atoms with Crippen molar-refractivity contribution in [3.63, 3.8) is 0 Å². The van der Waals surface area contributed by atoms with Crippen LogP contribution in [0.25, 0.3) is 0 Å². The molecule has 4 nitrogen and oxygen atoms in total. The lowest BCUT2D eigenvalue weighted by Crippen LogP contribution is -2.30. The van der Waals surface area contributed by atoms with E-state index >= 15 is 0 Å². The van der Waals surface area contributed by atoms with Crippen LogP contribution in [0.5, 0.6) is 5.75 Å². The summed E-state index contributed by atoms with van der Waals surface area (Å²) in [6.45, 7) is 7.57. The SMILES string of the molecule is CCCCN1CC(C)(C)SC1=NC(=O)c1cc(Cl)ccc1OC(F)(F)F. The van der Waals surface area contributed by atoms with Crippen LogP contribution in [-0.2, 0) is 0 Å². The van der Waals surface area contributed by atoms with Gasteiger partial charge in [-0.3, -0.25) is 4.79 Å². The molecule has 0 unspecified atom stereocenters. The van der Waals surface area contributed by atoms with E-state index in [4.69, 9.17) is 11.6 Å². The average Bonchev–Trinajstić information content (AvgIpc) is 2.79. The highest BCUT2D eigenvalue weighted by Crippen LogP contribution is 2.36. The summed E-state index contributed by atoms with van der Waals surface area (Å²) in [7, 11) is 0. The minimum atomic E-state index is -4.91. The Morgan fingerprint density at radius 1 is 1.42 bits per heavy atom. The Hall–Kier alpha value is -1.41. The molecule has 0 radical (unpaired) electrons. The molecule has 1 saturated heterocycles. The first kappa shape index (κ1) is 20.9. The number of nitrogens with zero attached hydrogens (tertiary/aromatic N) is 2. The zero-order valence-electron chi connectivity index (χ0n) is 14.7. The Labute approximate surface area is 159 Å². The fraction of sp³-hybridized carbons (Fsp3) is 0.529. The second-order valence-corrected chi connectivity index (χ2v) is 8.64. The molecule has 1 fully saturated rings. The third kappa shape index (κ3) is 5.81. The lowest BCUT2D eigenvalue weighted by molar-refractivity contribution is -0.274. The van der Waals surface area contributed by atoms with Gasteiger partial charge in [0.05, 0.1) is 5.56 Å². The summed E-state index contributed by atoms with van der Waals surface area (Å²) in [5.41, 5.74) is -0.317. The van der Waals surface area contributed by atoms with Gasteiger partial charge in [0.1, 0.15) is 5.75 Å². The van der Waals surface area contributed by atoms with Crippen molar-refractivity contribution in [3.8, 4) is 5.75 Å². The maximum atomic E-state index is 12.6. The van der Waals surface area contributed by atoms with Crippen molar-refractivity contribution in [2.75, 3.05) is 13.1 Å². The van der Waals surface area contributed by atoms with Gasteiger partial charge in [0.15, 0.2) is 5.17 Å². The van der Waals surface area contributed by atoms with E-state index in [-0.39, 0.29) is 15.3 Å². The normalized spacial score (nSPS) is 18.4. The molecule has 1 aliphatic heterocycles. The summed E-state index contributed by atoms with van der Waals surface area (Å²) in [6, 6.07) is 3.38. The summed E-state index contributed by atoms with van der Waals surface area (Å²) in [5.74, 6) is -1.42. The summed E-state index contributed by atoms with van der Waals surface area (Å²) in [5, 5.41) is 0.636. The maximum Gasteiger partial charge on any atom is 0.573 e. The monoisotopic (exact) mass is 408 g/mol. The number of ether oxygens (including phenoxy) is 1. The molecule has 26 heavy (non-hydrogen) atoms. The van der Waals surface area contributed by atoms with Gasteiger partial charge in [0, 0.05) is 22.9 Å². The van der Waals surface area contributed by atoms with E-state index in [1.54, 1.807) is 0 Å². The number of rotatable bonds is 5. The smallest absolute Gasteiger partial charge is 0.405 e. The minimum Gasteiger partial charge on any atom is -0.405 e. The molecular formula is C17H20ClF3N2O2S. The third-order valence-electron chi connectivity index (χ3n) is 3.59. The first-order valence-electron chi connectivity index (χ1n) is 8.13. The molecule has 0 N–H and O–H groups in total. The third-order valence-corrected chi connectivity index (χ3v) is 5.04. The van der Waals surface area contributed by atoms with Gasteiger partial charge in [-0.1, -0.05) is 36.7 Å². The van der Waals surface area contributed by atoms with E-state index in [2.05, 4.69) is 16.7 Å².